The van der Waals surface area contributed by atoms with Gasteiger partial charge < -0.3 is 5.11 Å². The Morgan fingerprint density at radius 2 is 1.77 bits per heavy atom. The lowest BCUT2D eigenvalue weighted by atomic mass is 9.96. The second-order valence-corrected chi connectivity index (χ2v) is 3.90. The van der Waals surface area contributed by atoms with Gasteiger partial charge in [-0.05, 0) is 12.3 Å². The average molecular weight is 186 g/mol. The van der Waals surface area contributed by atoms with E-state index >= 15 is 0 Å². The molecule has 1 N–H and O–H groups in total. The Labute approximate surface area is 79.1 Å². The van der Waals surface area contributed by atoms with Crippen molar-refractivity contribution in [1.29, 1.82) is 0 Å². The van der Waals surface area contributed by atoms with E-state index in [-0.39, 0.29) is 18.1 Å². The lowest BCUT2D eigenvalue weighted by molar-refractivity contribution is -0.140. The van der Waals surface area contributed by atoms with Gasteiger partial charge in [0.1, 0.15) is 5.78 Å². The topological polar surface area (TPSA) is 54.4 Å². The van der Waals surface area contributed by atoms with E-state index in [1.165, 1.54) is 0 Å². The first kappa shape index (κ1) is 12.1. The number of Topliss-reactive ketones (excluding diaryl/α,β-unsaturated/α-hetero) is 1. The highest BCUT2D eigenvalue weighted by atomic mass is 16.4. The van der Waals surface area contributed by atoms with Crippen LogP contribution in [0.25, 0.3) is 0 Å². The van der Waals surface area contributed by atoms with Crippen molar-refractivity contribution in [1.82, 2.24) is 0 Å². The molecule has 0 aliphatic heterocycles. The number of hydrogen-bond donors (Lipinski definition) is 1. The highest BCUT2D eigenvalue weighted by Gasteiger charge is 2.16. The summed E-state index contributed by atoms with van der Waals surface area (Å²) in [7, 11) is 0. The van der Waals surface area contributed by atoms with Crippen LogP contribution in [0.3, 0.4) is 0 Å². The molecule has 1 atom stereocenters. The number of carbonyl (C=O) groups is 2. The van der Waals surface area contributed by atoms with Crippen molar-refractivity contribution in [2.75, 3.05) is 0 Å². The Bertz CT molecular complexity index is 185. The Balaban J connectivity index is 3.76. The first-order valence-corrected chi connectivity index (χ1v) is 4.68. The Morgan fingerprint density at radius 1 is 1.23 bits per heavy atom. The largest absolute Gasteiger partial charge is 0.481 e. The quantitative estimate of drug-likeness (QED) is 0.691. The van der Waals surface area contributed by atoms with Crippen molar-refractivity contribution in [3.63, 3.8) is 0 Å². The number of hydrogen-bond acceptors (Lipinski definition) is 2. The number of carboxylic acids is 1. The molecule has 0 radical (unpaired) electrons. The van der Waals surface area contributed by atoms with Gasteiger partial charge in [0.2, 0.25) is 0 Å². The molecule has 0 aromatic carbocycles. The molecule has 3 heteroatoms. The fourth-order valence-electron chi connectivity index (χ4n) is 1.05. The fraction of sp³-hybridized carbons (Fsp3) is 0.800. The van der Waals surface area contributed by atoms with Gasteiger partial charge in [0.15, 0.2) is 0 Å². The summed E-state index contributed by atoms with van der Waals surface area (Å²) in [5.74, 6) is -0.668. The highest BCUT2D eigenvalue weighted by molar-refractivity contribution is 5.84. The van der Waals surface area contributed by atoms with Crippen molar-refractivity contribution in [2.24, 2.45) is 11.8 Å². The molecule has 0 bridgehead atoms. The molecule has 0 aliphatic rings. The molecule has 0 fully saturated rings. The van der Waals surface area contributed by atoms with Crippen molar-refractivity contribution >= 4 is 11.8 Å². The maximum atomic E-state index is 11.3. The van der Waals surface area contributed by atoms with E-state index in [1.807, 2.05) is 0 Å². The van der Waals surface area contributed by atoms with Gasteiger partial charge in [-0.2, -0.15) is 0 Å². The third kappa shape index (κ3) is 6.31. The molecule has 0 spiro atoms. The molecule has 0 saturated carbocycles. The van der Waals surface area contributed by atoms with Crippen LogP contribution in [0.4, 0.5) is 0 Å². The lowest BCUT2D eigenvalue weighted by Gasteiger charge is -2.08. The van der Waals surface area contributed by atoms with E-state index < -0.39 is 5.97 Å². The Hall–Kier alpha value is -0.860. The first-order chi connectivity index (χ1) is 5.93. The number of carboxylic acid groups (broad SMARTS) is 1. The zero-order valence-electron chi connectivity index (χ0n) is 8.54. The summed E-state index contributed by atoms with van der Waals surface area (Å²) >= 11 is 0. The smallest absolute Gasteiger partial charge is 0.304 e. The van der Waals surface area contributed by atoms with Gasteiger partial charge in [0.25, 0.3) is 0 Å². The zero-order chi connectivity index (χ0) is 10.4. The Morgan fingerprint density at radius 3 is 2.15 bits per heavy atom. The monoisotopic (exact) mass is 186 g/mol. The average Bonchev–Trinajstić information content (AvgIpc) is 1.98. The maximum Gasteiger partial charge on any atom is 0.304 e. The zero-order valence-corrected chi connectivity index (χ0v) is 8.54. The lowest BCUT2D eigenvalue weighted by Crippen LogP contribution is -2.15. The molecular formula is C10H18O3. The van der Waals surface area contributed by atoms with E-state index in [2.05, 4.69) is 13.8 Å². The summed E-state index contributed by atoms with van der Waals surface area (Å²) in [6.45, 7) is 5.78. The summed E-state index contributed by atoms with van der Waals surface area (Å²) in [6.07, 6.45) is 1.31. The molecule has 0 aromatic rings. The number of aliphatic carboxylic acids is 1. The molecule has 1 unspecified atom stereocenters. The minimum Gasteiger partial charge on any atom is -0.481 e. The van der Waals surface area contributed by atoms with Crippen molar-refractivity contribution < 1.29 is 14.7 Å². The van der Waals surface area contributed by atoms with Crippen LogP contribution in [-0.2, 0) is 9.59 Å². The predicted octanol–water partition coefficient (Wildman–Crippen LogP) is 2.10. The van der Waals surface area contributed by atoms with Crippen LogP contribution in [0.1, 0.15) is 40.0 Å². The van der Waals surface area contributed by atoms with Crippen LogP contribution < -0.4 is 0 Å². The molecule has 0 heterocycles. The minimum atomic E-state index is -0.898. The van der Waals surface area contributed by atoms with E-state index in [0.29, 0.717) is 12.3 Å². The summed E-state index contributed by atoms with van der Waals surface area (Å²) in [5.41, 5.74) is 0. The minimum absolute atomic E-state index is 0.0447. The second kappa shape index (κ2) is 5.73. The van der Waals surface area contributed by atoms with Crippen LogP contribution >= 0.6 is 0 Å². The van der Waals surface area contributed by atoms with Crippen LogP contribution in [0.15, 0.2) is 0 Å². The van der Waals surface area contributed by atoms with E-state index in [0.717, 1.165) is 6.42 Å². The molecular weight excluding hydrogens is 168 g/mol. The Kier molecular flexibility index (Phi) is 5.35. The number of carbonyl (C=O) groups excluding carboxylic acids is 1. The third-order valence-corrected chi connectivity index (χ3v) is 2.00. The third-order valence-electron chi connectivity index (χ3n) is 2.00. The van der Waals surface area contributed by atoms with Crippen molar-refractivity contribution in [3.8, 4) is 0 Å². The second-order valence-electron chi connectivity index (χ2n) is 3.90. The molecule has 76 valence electrons. The normalized spacial score (nSPS) is 12.9. The van der Waals surface area contributed by atoms with Gasteiger partial charge in [-0.3, -0.25) is 9.59 Å². The van der Waals surface area contributed by atoms with Gasteiger partial charge in [-0.1, -0.05) is 20.8 Å². The number of ketones is 1. The summed E-state index contributed by atoms with van der Waals surface area (Å²) < 4.78 is 0. The van der Waals surface area contributed by atoms with Gasteiger partial charge in [-0.25, -0.2) is 0 Å². The van der Waals surface area contributed by atoms with Crippen molar-refractivity contribution in [3.05, 3.63) is 0 Å². The van der Waals surface area contributed by atoms with Crippen LogP contribution in [-0.4, -0.2) is 16.9 Å². The fourth-order valence-corrected chi connectivity index (χ4v) is 1.05. The van der Waals surface area contributed by atoms with Crippen molar-refractivity contribution in [2.45, 2.75) is 40.0 Å². The molecule has 0 amide bonds. The van der Waals surface area contributed by atoms with Crippen LogP contribution in [0.5, 0.6) is 0 Å². The SMILES string of the molecule is CC(C)CCC(=O)C(C)CC(=O)O. The van der Waals surface area contributed by atoms with Crippen LogP contribution in [0.2, 0.25) is 0 Å². The van der Waals surface area contributed by atoms with Gasteiger partial charge >= 0.3 is 5.97 Å². The summed E-state index contributed by atoms with van der Waals surface area (Å²) in [6, 6.07) is 0. The molecule has 0 saturated heterocycles. The molecule has 0 rings (SSSR count). The van der Waals surface area contributed by atoms with E-state index in [9.17, 15) is 9.59 Å². The van der Waals surface area contributed by atoms with E-state index in [1.54, 1.807) is 6.92 Å². The summed E-state index contributed by atoms with van der Waals surface area (Å²) in [5, 5.41) is 8.46. The van der Waals surface area contributed by atoms with Crippen LogP contribution in [0, 0.1) is 11.8 Å². The maximum absolute atomic E-state index is 11.3. The molecule has 13 heavy (non-hydrogen) atoms. The molecule has 3 nitrogen and oxygen atoms in total. The highest BCUT2D eigenvalue weighted by Crippen LogP contribution is 2.11. The van der Waals surface area contributed by atoms with Gasteiger partial charge in [-0.15, -0.1) is 0 Å². The molecule has 0 aliphatic carbocycles. The predicted molar refractivity (Wildman–Crippen MR) is 50.5 cm³/mol. The van der Waals surface area contributed by atoms with E-state index in [4.69, 9.17) is 5.11 Å². The van der Waals surface area contributed by atoms with Gasteiger partial charge in [0, 0.05) is 12.3 Å². The first-order valence-electron chi connectivity index (χ1n) is 4.68. The number of rotatable bonds is 6. The standard InChI is InChI=1S/C10H18O3/c1-7(2)4-5-9(11)8(3)6-10(12)13/h7-8H,4-6H2,1-3H3,(H,12,13). The summed E-state index contributed by atoms with van der Waals surface area (Å²) in [4.78, 5) is 21.6. The van der Waals surface area contributed by atoms with Gasteiger partial charge in [0.05, 0.1) is 6.42 Å². The molecule has 0 aromatic heterocycles.